The van der Waals surface area contributed by atoms with Crippen molar-refractivity contribution in [3.05, 3.63) is 59.7 Å². The first-order valence-corrected chi connectivity index (χ1v) is 11.4. The van der Waals surface area contributed by atoms with Gasteiger partial charge in [-0.15, -0.1) is 0 Å². The highest BCUT2D eigenvalue weighted by molar-refractivity contribution is 7.92. The molecule has 1 aliphatic carbocycles. The summed E-state index contributed by atoms with van der Waals surface area (Å²) in [5.41, 5.74) is 2.86. The largest absolute Gasteiger partial charge is 0.331 e. The van der Waals surface area contributed by atoms with Gasteiger partial charge in [0, 0.05) is 5.69 Å². The van der Waals surface area contributed by atoms with Gasteiger partial charge in [-0.05, 0) is 61.6 Å². The summed E-state index contributed by atoms with van der Waals surface area (Å²) in [5.74, 6) is 0. The first kappa shape index (κ1) is 20.4. The molecule has 0 radical (unpaired) electrons. The highest BCUT2D eigenvalue weighted by Crippen LogP contribution is 2.30. The number of amides is 2. The van der Waals surface area contributed by atoms with Crippen LogP contribution in [0.3, 0.4) is 0 Å². The molecule has 6 heteroatoms. The number of hydrogen-bond donors (Lipinski definition) is 2. The van der Waals surface area contributed by atoms with Gasteiger partial charge in [-0.1, -0.05) is 44.0 Å². The van der Waals surface area contributed by atoms with Crippen LogP contribution in [0, 0.1) is 0 Å². The number of hydrogen-bond acceptors (Lipinski definition) is 3. The number of nitrogens with one attached hydrogen (secondary N) is 2. The maximum atomic E-state index is 12.6. The molecular formula is C22H28N2O3S. The van der Waals surface area contributed by atoms with Crippen molar-refractivity contribution in [1.29, 1.82) is 0 Å². The normalized spacial score (nSPS) is 15.9. The molecular weight excluding hydrogens is 372 g/mol. The zero-order chi connectivity index (χ0) is 20.1. The van der Waals surface area contributed by atoms with Crippen LogP contribution in [0.15, 0.2) is 53.4 Å². The summed E-state index contributed by atoms with van der Waals surface area (Å²) in [6.07, 6.45) is 4.41. The molecule has 1 fully saturated rings. The molecule has 0 bridgehead atoms. The van der Waals surface area contributed by atoms with E-state index in [9.17, 15) is 13.2 Å². The van der Waals surface area contributed by atoms with Crippen molar-refractivity contribution >= 4 is 21.6 Å². The van der Waals surface area contributed by atoms with Crippen molar-refractivity contribution in [3.8, 4) is 0 Å². The quantitative estimate of drug-likeness (QED) is 0.728. The Morgan fingerprint density at radius 3 is 2.21 bits per heavy atom. The van der Waals surface area contributed by atoms with Gasteiger partial charge in [0.25, 0.3) is 0 Å². The maximum absolute atomic E-state index is 12.6. The summed E-state index contributed by atoms with van der Waals surface area (Å²) < 4.78 is 25.2. The monoisotopic (exact) mass is 400 g/mol. The van der Waals surface area contributed by atoms with Crippen LogP contribution in [-0.4, -0.2) is 19.7 Å². The number of carbonyl (C=O) groups is 1. The molecule has 1 unspecified atom stereocenters. The number of carbonyl (C=O) groups excluding carboxylic acids is 1. The van der Waals surface area contributed by atoms with Crippen molar-refractivity contribution < 1.29 is 13.2 Å². The van der Waals surface area contributed by atoms with Gasteiger partial charge in [0.2, 0.25) is 0 Å². The van der Waals surface area contributed by atoms with E-state index in [2.05, 4.69) is 29.7 Å². The van der Waals surface area contributed by atoms with Crippen LogP contribution in [0.4, 0.5) is 10.5 Å². The van der Waals surface area contributed by atoms with Crippen molar-refractivity contribution in [2.75, 3.05) is 5.32 Å². The van der Waals surface area contributed by atoms with E-state index in [1.807, 2.05) is 19.1 Å². The third-order valence-electron chi connectivity index (χ3n) is 5.42. The summed E-state index contributed by atoms with van der Waals surface area (Å²) >= 11 is 0. The summed E-state index contributed by atoms with van der Waals surface area (Å²) in [6, 6.07) is 14.2. The van der Waals surface area contributed by atoms with Crippen molar-refractivity contribution in [2.45, 2.75) is 62.1 Å². The molecule has 150 valence electrons. The average Bonchev–Trinajstić information content (AvgIpc) is 3.24. The number of benzene rings is 2. The molecule has 28 heavy (non-hydrogen) atoms. The van der Waals surface area contributed by atoms with Crippen LogP contribution in [0.2, 0.25) is 0 Å². The van der Waals surface area contributed by atoms with Gasteiger partial charge in [0.05, 0.1) is 16.2 Å². The Bertz CT molecular complexity index is 900. The number of rotatable bonds is 6. The molecule has 0 aliphatic heterocycles. The molecule has 5 nitrogen and oxygen atoms in total. The van der Waals surface area contributed by atoms with E-state index in [0.717, 1.165) is 37.7 Å². The highest BCUT2D eigenvalue weighted by Gasteiger charge is 2.30. The van der Waals surface area contributed by atoms with E-state index in [0.29, 0.717) is 10.6 Å². The fourth-order valence-electron chi connectivity index (χ4n) is 3.61. The average molecular weight is 401 g/mol. The minimum Gasteiger partial charge on any atom is -0.331 e. The Hall–Kier alpha value is -2.34. The first-order valence-electron chi connectivity index (χ1n) is 9.90. The predicted octanol–water partition coefficient (Wildman–Crippen LogP) is 4.85. The van der Waals surface area contributed by atoms with Crippen LogP contribution >= 0.6 is 0 Å². The van der Waals surface area contributed by atoms with Crippen LogP contribution in [0.25, 0.3) is 0 Å². The molecule has 0 spiro atoms. The fourth-order valence-corrected chi connectivity index (χ4v) is 5.46. The summed E-state index contributed by atoms with van der Waals surface area (Å²) in [6.45, 7) is 4.03. The summed E-state index contributed by atoms with van der Waals surface area (Å²) in [4.78, 5) is 12.6. The van der Waals surface area contributed by atoms with Gasteiger partial charge in [0.15, 0.2) is 9.84 Å². The Labute approximate surface area is 167 Å². The van der Waals surface area contributed by atoms with Gasteiger partial charge < -0.3 is 10.6 Å². The zero-order valence-corrected chi connectivity index (χ0v) is 17.3. The number of aryl methyl sites for hydroxylation is 1. The number of sulfone groups is 1. The van der Waals surface area contributed by atoms with Crippen molar-refractivity contribution in [2.24, 2.45) is 0 Å². The second-order valence-electron chi connectivity index (χ2n) is 7.39. The van der Waals surface area contributed by atoms with E-state index in [1.165, 1.54) is 5.56 Å². The van der Waals surface area contributed by atoms with Crippen molar-refractivity contribution in [1.82, 2.24) is 5.32 Å². The predicted molar refractivity (Wildman–Crippen MR) is 112 cm³/mol. The van der Waals surface area contributed by atoms with Gasteiger partial charge in [0.1, 0.15) is 0 Å². The van der Waals surface area contributed by atoms with Crippen LogP contribution in [-0.2, 0) is 16.3 Å². The molecule has 0 saturated heterocycles. The summed E-state index contributed by atoms with van der Waals surface area (Å²) in [7, 11) is -3.27. The number of anilines is 1. The SMILES string of the molecule is CCc1ccc(C(C)NC(=O)Nc2ccc(S(=O)(=O)C3CCCC3)cc2)cc1. The van der Waals surface area contributed by atoms with Crippen LogP contribution in [0.1, 0.15) is 56.7 Å². The Morgan fingerprint density at radius 2 is 1.64 bits per heavy atom. The molecule has 2 amide bonds. The van der Waals surface area contributed by atoms with Crippen molar-refractivity contribution in [3.63, 3.8) is 0 Å². The lowest BCUT2D eigenvalue weighted by Gasteiger charge is -2.16. The van der Waals surface area contributed by atoms with Crippen LogP contribution < -0.4 is 10.6 Å². The molecule has 1 saturated carbocycles. The Morgan fingerprint density at radius 1 is 1.04 bits per heavy atom. The molecule has 3 rings (SSSR count). The fraction of sp³-hybridized carbons (Fsp3) is 0.409. The number of urea groups is 1. The second kappa shape index (κ2) is 8.78. The minimum absolute atomic E-state index is 0.132. The van der Waals surface area contributed by atoms with Gasteiger partial charge in [-0.3, -0.25) is 0 Å². The first-order chi connectivity index (χ1) is 13.4. The van der Waals surface area contributed by atoms with E-state index < -0.39 is 9.84 Å². The van der Waals surface area contributed by atoms with E-state index in [4.69, 9.17) is 0 Å². The van der Waals surface area contributed by atoms with E-state index >= 15 is 0 Å². The molecule has 2 N–H and O–H groups in total. The van der Waals surface area contributed by atoms with Gasteiger partial charge in [-0.2, -0.15) is 0 Å². The Balaban J connectivity index is 1.59. The topological polar surface area (TPSA) is 75.3 Å². The third kappa shape index (κ3) is 4.73. The van der Waals surface area contributed by atoms with E-state index in [1.54, 1.807) is 24.3 Å². The molecule has 2 aromatic rings. The zero-order valence-electron chi connectivity index (χ0n) is 16.4. The standard InChI is InChI=1S/C22H28N2O3S/c1-3-17-8-10-18(11-9-17)16(2)23-22(25)24-19-12-14-21(15-13-19)28(26,27)20-6-4-5-7-20/h8-16,20H,3-7H2,1-2H3,(H2,23,24,25). The smallest absolute Gasteiger partial charge is 0.319 e. The molecule has 1 atom stereocenters. The van der Waals surface area contributed by atoms with Gasteiger partial charge >= 0.3 is 6.03 Å². The molecule has 0 heterocycles. The van der Waals surface area contributed by atoms with Gasteiger partial charge in [-0.25, -0.2) is 13.2 Å². The second-order valence-corrected chi connectivity index (χ2v) is 9.62. The van der Waals surface area contributed by atoms with Crippen LogP contribution in [0.5, 0.6) is 0 Å². The molecule has 1 aliphatic rings. The van der Waals surface area contributed by atoms with E-state index in [-0.39, 0.29) is 17.3 Å². The lowest BCUT2D eigenvalue weighted by Crippen LogP contribution is -2.31. The lowest BCUT2D eigenvalue weighted by molar-refractivity contribution is 0.249. The lowest BCUT2D eigenvalue weighted by atomic mass is 10.1. The Kier molecular flexibility index (Phi) is 6.39. The highest BCUT2D eigenvalue weighted by atomic mass is 32.2. The minimum atomic E-state index is -3.27. The molecule has 2 aromatic carbocycles. The summed E-state index contributed by atoms with van der Waals surface area (Å²) in [5, 5.41) is 5.40. The maximum Gasteiger partial charge on any atom is 0.319 e. The third-order valence-corrected chi connectivity index (χ3v) is 7.70. The molecule has 0 aromatic heterocycles.